The van der Waals surface area contributed by atoms with Crippen LogP contribution in [0.2, 0.25) is 0 Å². The lowest BCUT2D eigenvalue weighted by Gasteiger charge is -2.13. The lowest BCUT2D eigenvalue weighted by Crippen LogP contribution is -2.35. The quantitative estimate of drug-likeness (QED) is 0.852. The van der Waals surface area contributed by atoms with E-state index in [4.69, 9.17) is 5.73 Å². The van der Waals surface area contributed by atoms with Crippen LogP contribution < -0.4 is 11.1 Å². The highest BCUT2D eigenvalue weighted by Gasteiger charge is 2.14. The van der Waals surface area contributed by atoms with Gasteiger partial charge in [0.25, 0.3) is 0 Å². The third-order valence-corrected chi connectivity index (χ3v) is 3.86. The van der Waals surface area contributed by atoms with E-state index in [1.165, 1.54) is 11.1 Å². The maximum absolute atomic E-state index is 12.1. The van der Waals surface area contributed by atoms with Crippen LogP contribution in [0.15, 0.2) is 48.5 Å². The predicted octanol–water partition coefficient (Wildman–Crippen LogP) is 3.34. The number of carbonyl (C=O) groups is 1. The zero-order valence-corrected chi connectivity index (χ0v) is 14.5. The summed E-state index contributed by atoms with van der Waals surface area (Å²) in [6, 6.07) is 15.6. The van der Waals surface area contributed by atoms with Crippen LogP contribution in [0.3, 0.4) is 0 Å². The summed E-state index contributed by atoms with van der Waals surface area (Å²) < 4.78 is 0. The molecule has 0 saturated heterocycles. The maximum Gasteiger partial charge on any atom is 0.241 e. The lowest BCUT2D eigenvalue weighted by atomic mass is 10.0. The normalized spacial score (nSPS) is 11.4. The van der Waals surface area contributed by atoms with Crippen molar-refractivity contribution >= 4 is 18.3 Å². The molecule has 0 radical (unpaired) electrons. The molecule has 0 bridgehead atoms. The second-order valence-corrected chi connectivity index (χ2v) is 5.60. The number of rotatable bonds is 6. The van der Waals surface area contributed by atoms with Gasteiger partial charge in [-0.1, -0.05) is 61.0 Å². The standard InChI is InChI=1S/C19H24N2O.ClH/c1-3-15-6-8-16(9-7-15)12-13-21-19(22)18(20)17-10-4-14(2)5-11-17;/h4-11,18H,3,12-13,20H2,1-2H3,(H,21,22);1H. The molecule has 0 spiro atoms. The van der Waals surface area contributed by atoms with Gasteiger partial charge in [-0.2, -0.15) is 0 Å². The minimum Gasteiger partial charge on any atom is -0.354 e. The Balaban J connectivity index is 0.00000264. The van der Waals surface area contributed by atoms with E-state index in [-0.39, 0.29) is 18.3 Å². The van der Waals surface area contributed by atoms with E-state index in [9.17, 15) is 4.79 Å². The Morgan fingerprint density at radius 2 is 1.61 bits per heavy atom. The summed E-state index contributed by atoms with van der Waals surface area (Å²) in [5, 5.41) is 2.91. The number of aryl methyl sites for hydroxylation is 2. The van der Waals surface area contributed by atoms with E-state index < -0.39 is 6.04 Å². The summed E-state index contributed by atoms with van der Waals surface area (Å²) in [5.41, 5.74) is 10.5. The lowest BCUT2D eigenvalue weighted by molar-refractivity contribution is -0.122. The van der Waals surface area contributed by atoms with Gasteiger partial charge in [0, 0.05) is 6.54 Å². The molecule has 4 heteroatoms. The molecule has 0 aromatic heterocycles. The maximum atomic E-state index is 12.1. The SMILES string of the molecule is CCc1ccc(CCNC(=O)C(N)c2ccc(C)cc2)cc1.Cl. The monoisotopic (exact) mass is 332 g/mol. The van der Waals surface area contributed by atoms with Crippen molar-refractivity contribution < 1.29 is 4.79 Å². The number of hydrogen-bond acceptors (Lipinski definition) is 2. The third-order valence-electron chi connectivity index (χ3n) is 3.86. The van der Waals surface area contributed by atoms with Crippen molar-refractivity contribution in [1.29, 1.82) is 0 Å². The minimum atomic E-state index is -0.608. The van der Waals surface area contributed by atoms with E-state index in [1.807, 2.05) is 31.2 Å². The number of amides is 1. The van der Waals surface area contributed by atoms with E-state index in [2.05, 4.69) is 36.5 Å². The average Bonchev–Trinajstić information content (AvgIpc) is 2.55. The smallest absolute Gasteiger partial charge is 0.241 e. The van der Waals surface area contributed by atoms with Crippen LogP contribution in [0.5, 0.6) is 0 Å². The molecule has 0 heterocycles. The number of halogens is 1. The second kappa shape index (κ2) is 9.33. The van der Waals surface area contributed by atoms with Crippen LogP contribution in [0, 0.1) is 6.92 Å². The summed E-state index contributed by atoms with van der Waals surface area (Å²) in [5.74, 6) is -0.131. The highest BCUT2D eigenvalue weighted by Crippen LogP contribution is 2.11. The van der Waals surface area contributed by atoms with Gasteiger partial charge in [-0.3, -0.25) is 4.79 Å². The van der Waals surface area contributed by atoms with Crippen LogP contribution in [0.25, 0.3) is 0 Å². The van der Waals surface area contributed by atoms with E-state index in [1.54, 1.807) is 0 Å². The predicted molar refractivity (Wildman–Crippen MR) is 97.9 cm³/mol. The summed E-state index contributed by atoms with van der Waals surface area (Å²) in [6.07, 6.45) is 1.86. The molecule has 3 N–H and O–H groups in total. The molecule has 1 atom stereocenters. The molecule has 124 valence electrons. The highest BCUT2D eigenvalue weighted by molar-refractivity contribution is 5.85. The molecular formula is C19H25ClN2O. The van der Waals surface area contributed by atoms with Gasteiger partial charge in [-0.25, -0.2) is 0 Å². The van der Waals surface area contributed by atoms with Crippen molar-refractivity contribution in [1.82, 2.24) is 5.32 Å². The van der Waals surface area contributed by atoms with Crippen LogP contribution in [0.1, 0.15) is 35.2 Å². The fourth-order valence-electron chi connectivity index (χ4n) is 2.31. The van der Waals surface area contributed by atoms with Gasteiger partial charge in [0.2, 0.25) is 5.91 Å². The molecule has 2 rings (SSSR count). The van der Waals surface area contributed by atoms with Gasteiger partial charge in [0.1, 0.15) is 6.04 Å². The van der Waals surface area contributed by atoms with Gasteiger partial charge in [0.15, 0.2) is 0 Å². The van der Waals surface area contributed by atoms with Crippen LogP contribution >= 0.6 is 12.4 Å². The summed E-state index contributed by atoms with van der Waals surface area (Å²) in [6.45, 7) is 4.75. The van der Waals surface area contributed by atoms with E-state index >= 15 is 0 Å². The van der Waals surface area contributed by atoms with Crippen molar-refractivity contribution in [2.45, 2.75) is 32.7 Å². The molecule has 0 aliphatic heterocycles. The molecule has 1 unspecified atom stereocenters. The first-order chi connectivity index (χ1) is 10.6. The Bertz CT molecular complexity index is 608. The summed E-state index contributed by atoms with van der Waals surface area (Å²) >= 11 is 0. The number of hydrogen-bond donors (Lipinski definition) is 2. The van der Waals surface area contributed by atoms with Crippen LogP contribution in [-0.2, 0) is 17.6 Å². The van der Waals surface area contributed by atoms with Gasteiger partial charge in [-0.05, 0) is 36.5 Å². The first-order valence-electron chi connectivity index (χ1n) is 7.78. The molecule has 3 nitrogen and oxygen atoms in total. The first-order valence-corrected chi connectivity index (χ1v) is 7.78. The number of benzene rings is 2. The Morgan fingerprint density at radius 3 is 2.17 bits per heavy atom. The van der Waals surface area contributed by atoms with E-state index in [0.717, 1.165) is 24.0 Å². The first kappa shape index (κ1) is 19.2. The molecule has 23 heavy (non-hydrogen) atoms. The largest absolute Gasteiger partial charge is 0.354 e. The highest BCUT2D eigenvalue weighted by atomic mass is 35.5. The van der Waals surface area contributed by atoms with Crippen molar-refractivity contribution in [2.24, 2.45) is 5.73 Å². The number of carbonyl (C=O) groups excluding carboxylic acids is 1. The molecule has 0 fully saturated rings. The Morgan fingerprint density at radius 1 is 1.04 bits per heavy atom. The van der Waals surface area contributed by atoms with Crippen molar-refractivity contribution in [3.63, 3.8) is 0 Å². The van der Waals surface area contributed by atoms with Gasteiger partial charge < -0.3 is 11.1 Å². The van der Waals surface area contributed by atoms with Crippen LogP contribution in [0.4, 0.5) is 0 Å². The molecule has 1 amide bonds. The summed E-state index contributed by atoms with van der Waals surface area (Å²) in [7, 11) is 0. The molecular weight excluding hydrogens is 308 g/mol. The van der Waals surface area contributed by atoms with Crippen LogP contribution in [-0.4, -0.2) is 12.5 Å². The fraction of sp³-hybridized carbons (Fsp3) is 0.316. The molecule has 0 saturated carbocycles. The molecule has 2 aromatic rings. The van der Waals surface area contributed by atoms with Gasteiger partial charge in [-0.15, -0.1) is 12.4 Å². The van der Waals surface area contributed by atoms with Crippen molar-refractivity contribution in [3.05, 3.63) is 70.8 Å². The van der Waals surface area contributed by atoms with Gasteiger partial charge in [0.05, 0.1) is 0 Å². The second-order valence-electron chi connectivity index (χ2n) is 5.60. The van der Waals surface area contributed by atoms with Gasteiger partial charge >= 0.3 is 0 Å². The molecule has 0 aliphatic carbocycles. The minimum absolute atomic E-state index is 0. The zero-order valence-electron chi connectivity index (χ0n) is 13.7. The Hall–Kier alpha value is -1.84. The topological polar surface area (TPSA) is 55.1 Å². The number of nitrogens with two attached hydrogens (primary N) is 1. The number of nitrogens with one attached hydrogen (secondary N) is 1. The Kier molecular flexibility index (Phi) is 7.79. The fourth-order valence-corrected chi connectivity index (χ4v) is 2.31. The third kappa shape index (κ3) is 5.70. The summed E-state index contributed by atoms with van der Waals surface area (Å²) in [4.78, 5) is 12.1. The average molecular weight is 333 g/mol. The molecule has 0 aliphatic rings. The van der Waals surface area contributed by atoms with Crippen molar-refractivity contribution in [3.8, 4) is 0 Å². The van der Waals surface area contributed by atoms with E-state index in [0.29, 0.717) is 6.54 Å². The molecule has 2 aromatic carbocycles. The van der Waals surface area contributed by atoms with Crippen molar-refractivity contribution in [2.75, 3.05) is 6.54 Å². The Labute approximate surface area is 144 Å². The zero-order chi connectivity index (χ0) is 15.9.